The molecule has 1 saturated heterocycles. The lowest BCUT2D eigenvalue weighted by molar-refractivity contribution is 0.00507. The van der Waals surface area contributed by atoms with Crippen LogP contribution < -0.4 is 0 Å². The Morgan fingerprint density at radius 2 is 2.29 bits per heavy atom. The van der Waals surface area contributed by atoms with Crippen molar-refractivity contribution in [2.45, 2.75) is 0 Å². The Hall–Kier alpha value is 0.240. The molecular formula is C3H6N2P2. The minimum absolute atomic E-state index is 0.0512. The van der Waals surface area contributed by atoms with Gasteiger partial charge in [-0.05, 0) is 21.6 Å². The summed E-state index contributed by atoms with van der Waals surface area (Å²) in [5, 5.41) is 0.870. The van der Waals surface area contributed by atoms with Crippen molar-refractivity contribution in [1.29, 1.82) is 0 Å². The Morgan fingerprint density at radius 1 is 1.71 bits per heavy atom. The maximum atomic E-state index is 8.13. The molecule has 0 bridgehead atoms. The lowest BCUT2D eigenvalue weighted by atomic mass is 11.0. The fourth-order valence-corrected chi connectivity index (χ4v) is 2.10. The minimum atomic E-state index is 0.0512. The summed E-state index contributed by atoms with van der Waals surface area (Å²) in [5.41, 5.74) is 8.13. The topological polar surface area (TPSA) is 36.4 Å². The zero-order chi connectivity index (χ0) is 5.28. The van der Waals surface area contributed by atoms with Gasteiger partial charge in [-0.1, -0.05) is 0 Å². The van der Waals surface area contributed by atoms with Gasteiger partial charge in [0.05, 0.1) is 0 Å². The summed E-state index contributed by atoms with van der Waals surface area (Å²) in [7, 11) is 2.49. The third-order valence-electron chi connectivity index (χ3n) is 0.874. The fourth-order valence-electron chi connectivity index (χ4n) is 0.342. The molecular weight excluding hydrogens is 126 g/mol. The third-order valence-corrected chi connectivity index (χ3v) is 3.72. The molecule has 0 aromatic rings. The summed E-state index contributed by atoms with van der Waals surface area (Å²) < 4.78 is 0. The third kappa shape index (κ3) is 1.31. The predicted molar refractivity (Wildman–Crippen MR) is 35.0 cm³/mol. The Bertz CT molecular complexity index is 123. The van der Waals surface area contributed by atoms with E-state index < -0.39 is 0 Å². The molecule has 7 heavy (non-hydrogen) atoms. The Kier molecular flexibility index (Phi) is 1.54. The molecule has 0 amide bonds. The van der Waals surface area contributed by atoms with Gasteiger partial charge in [0.2, 0.25) is 0 Å². The van der Waals surface area contributed by atoms with Crippen LogP contribution in [0, 0.1) is 0 Å². The van der Waals surface area contributed by atoms with Crippen LogP contribution >= 0.6 is 17.2 Å². The van der Waals surface area contributed by atoms with Gasteiger partial charge < -0.3 is 5.53 Å². The number of rotatable bonds is 1. The number of hydrogen-bond acceptors (Lipinski definition) is 0. The molecule has 1 heterocycles. The molecule has 0 radical (unpaired) electrons. The molecule has 1 atom stereocenters. The molecule has 1 rings (SSSR count). The maximum Gasteiger partial charge on any atom is 0.299 e. The monoisotopic (exact) mass is 132 g/mol. The molecule has 1 aliphatic heterocycles. The first-order chi connectivity index (χ1) is 3.34. The van der Waals surface area contributed by atoms with E-state index in [9.17, 15) is 0 Å². The Morgan fingerprint density at radius 3 is 2.43 bits per heavy atom. The highest BCUT2D eigenvalue weighted by Gasteiger charge is 2.29. The van der Waals surface area contributed by atoms with E-state index >= 15 is 0 Å². The quantitative estimate of drug-likeness (QED) is 0.220. The molecule has 1 fully saturated rings. The SMILES string of the molecule is [N-]=[N+]=C(P)P1CC1. The van der Waals surface area contributed by atoms with Crippen molar-refractivity contribution in [2.24, 2.45) is 0 Å². The molecule has 1 aliphatic rings. The zero-order valence-electron chi connectivity index (χ0n) is 3.83. The van der Waals surface area contributed by atoms with Gasteiger partial charge in [0, 0.05) is 7.92 Å². The highest BCUT2D eigenvalue weighted by atomic mass is 31.2. The molecule has 2 nitrogen and oxygen atoms in total. The summed E-state index contributed by atoms with van der Waals surface area (Å²) in [5.74, 6) is 0. The summed E-state index contributed by atoms with van der Waals surface area (Å²) >= 11 is 0. The van der Waals surface area contributed by atoms with Gasteiger partial charge in [-0.15, -0.1) is 0 Å². The van der Waals surface area contributed by atoms with Crippen LogP contribution in [0.5, 0.6) is 0 Å². The van der Waals surface area contributed by atoms with Gasteiger partial charge in [0.1, 0.15) is 0 Å². The lowest BCUT2D eigenvalue weighted by Crippen LogP contribution is -1.69. The van der Waals surface area contributed by atoms with Crippen LogP contribution in [-0.2, 0) is 0 Å². The van der Waals surface area contributed by atoms with Crippen LogP contribution in [-0.4, -0.2) is 22.3 Å². The van der Waals surface area contributed by atoms with Gasteiger partial charge in [0.25, 0.3) is 5.19 Å². The maximum absolute atomic E-state index is 8.13. The van der Waals surface area contributed by atoms with E-state index in [0.717, 1.165) is 5.19 Å². The van der Waals surface area contributed by atoms with Gasteiger partial charge in [-0.2, -0.15) is 4.79 Å². The molecule has 38 valence electrons. The van der Waals surface area contributed by atoms with Crippen LogP contribution in [0.3, 0.4) is 0 Å². The molecule has 0 spiro atoms. The lowest BCUT2D eigenvalue weighted by Gasteiger charge is -1.72. The van der Waals surface area contributed by atoms with Crippen LogP contribution in [0.1, 0.15) is 0 Å². The first-order valence-electron chi connectivity index (χ1n) is 2.07. The van der Waals surface area contributed by atoms with Crippen molar-refractivity contribution >= 4 is 22.4 Å². The summed E-state index contributed by atoms with van der Waals surface area (Å²) in [6, 6.07) is 0. The number of nitrogens with zero attached hydrogens (tertiary/aromatic N) is 2. The molecule has 0 saturated carbocycles. The first-order valence-corrected chi connectivity index (χ1v) is 4.36. The van der Waals surface area contributed by atoms with Crippen molar-refractivity contribution in [3.8, 4) is 0 Å². The van der Waals surface area contributed by atoms with Gasteiger partial charge in [-0.25, -0.2) is 0 Å². The Labute approximate surface area is 45.9 Å². The van der Waals surface area contributed by atoms with Crippen LogP contribution in [0.25, 0.3) is 5.53 Å². The van der Waals surface area contributed by atoms with Crippen LogP contribution in [0.15, 0.2) is 0 Å². The average molecular weight is 132 g/mol. The van der Waals surface area contributed by atoms with Crippen molar-refractivity contribution in [1.82, 2.24) is 0 Å². The number of hydrogen-bond donors (Lipinski definition) is 0. The van der Waals surface area contributed by atoms with Crippen molar-refractivity contribution in [3.05, 3.63) is 5.53 Å². The van der Waals surface area contributed by atoms with Crippen LogP contribution in [0.4, 0.5) is 0 Å². The van der Waals surface area contributed by atoms with Crippen molar-refractivity contribution in [2.75, 3.05) is 12.3 Å². The predicted octanol–water partition coefficient (Wildman–Crippen LogP) is 0.943. The summed E-state index contributed by atoms with van der Waals surface area (Å²) in [6.45, 7) is 0. The van der Waals surface area contributed by atoms with E-state index in [-0.39, 0.29) is 7.92 Å². The van der Waals surface area contributed by atoms with Gasteiger partial charge >= 0.3 is 0 Å². The standard InChI is InChI=1S/C3H6N2P2/c4-5-3(6)7-1-2-7/h1-2,6H2. The Balaban J connectivity index is 2.53. The molecule has 4 heteroatoms. The second-order valence-corrected chi connectivity index (χ2v) is 4.91. The second-order valence-electron chi connectivity index (χ2n) is 1.45. The molecule has 0 N–H and O–H groups in total. The van der Waals surface area contributed by atoms with E-state index in [2.05, 4.69) is 14.0 Å². The van der Waals surface area contributed by atoms with Gasteiger partial charge in [0.15, 0.2) is 0 Å². The highest BCUT2D eigenvalue weighted by molar-refractivity contribution is 7.93. The normalized spacial score (nSPS) is 18.4. The summed E-state index contributed by atoms with van der Waals surface area (Å²) in [6.07, 6.45) is 2.52. The summed E-state index contributed by atoms with van der Waals surface area (Å²) in [4.78, 5) is 3.06. The largest absolute Gasteiger partial charge is 0.361 e. The first kappa shape index (κ1) is 5.38. The van der Waals surface area contributed by atoms with E-state index in [4.69, 9.17) is 5.53 Å². The van der Waals surface area contributed by atoms with E-state index in [1.165, 1.54) is 12.3 Å². The van der Waals surface area contributed by atoms with Crippen LogP contribution in [0.2, 0.25) is 0 Å². The smallest absolute Gasteiger partial charge is 0.299 e. The second kappa shape index (κ2) is 2.01. The van der Waals surface area contributed by atoms with Crippen molar-refractivity contribution in [3.63, 3.8) is 0 Å². The fraction of sp³-hybridized carbons (Fsp3) is 0.667. The minimum Gasteiger partial charge on any atom is -0.361 e. The molecule has 0 aliphatic carbocycles. The average Bonchev–Trinajstić information content (AvgIpc) is 2.44. The van der Waals surface area contributed by atoms with Crippen molar-refractivity contribution < 1.29 is 4.79 Å². The molecule has 0 aromatic heterocycles. The zero-order valence-corrected chi connectivity index (χ0v) is 5.88. The van der Waals surface area contributed by atoms with E-state index in [0.29, 0.717) is 0 Å². The van der Waals surface area contributed by atoms with E-state index in [1.54, 1.807) is 0 Å². The van der Waals surface area contributed by atoms with Gasteiger partial charge in [-0.3, -0.25) is 0 Å². The highest BCUT2D eigenvalue weighted by Crippen LogP contribution is 2.52. The van der Waals surface area contributed by atoms with E-state index in [1.807, 2.05) is 0 Å². The molecule has 1 unspecified atom stereocenters. The molecule has 0 aromatic carbocycles.